The van der Waals surface area contributed by atoms with Gasteiger partial charge in [0.2, 0.25) is 0 Å². The summed E-state index contributed by atoms with van der Waals surface area (Å²) >= 11 is 0. The Morgan fingerprint density at radius 3 is 2.73 bits per heavy atom. The van der Waals surface area contributed by atoms with Gasteiger partial charge in [-0.15, -0.1) is 0 Å². The van der Waals surface area contributed by atoms with Gasteiger partial charge in [-0.05, 0) is 0 Å². The van der Waals surface area contributed by atoms with E-state index < -0.39 is 24.0 Å². The number of fused-ring (bicyclic) bond motifs is 1. The largest absolute Gasteiger partial charge is 0.480 e. The molecule has 2 atom stereocenters. The van der Waals surface area contributed by atoms with Crippen LogP contribution in [0.1, 0.15) is 17.4 Å². The summed E-state index contributed by atoms with van der Waals surface area (Å²) in [5.41, 5.74) is 0.925. The van der Waals surface area contributed by atoms with E-state index in [9.17, 15) is 9.59 Å². The summed E-state index contributed by atoms with van der Waals surface area (Å²) in [4.78, 5) is 28.2. The molecule has 1 aromatic rings. The van der Waals surface area contributed by atoms with Crippen LogP contribution < -0.4 is 5.32 Å². The van der Waals surface area contributed by atoms with Gasteiger partial charge in [-0.3, -0.25) is 14.9 Å². The zero-order valence-corrected chi connectivity index (χ0v) is 7.60. The third-order valence-electron chi connectivity index (χ3n) is 2.35. The van der Waals surface area contributed by atoms with Crippen molar-refractivity contribution in [2.24, 2.45) is 0 Å². The molecule has 2 rings (SSSR count). The minimum Gasteiger partial charge on any atom is -0.480 e. The quantitative estimate of drug-likeness (QED) is 0.505. The summed E-state index contributed by atoms with van der Waals surface area (Å²) < 4.78 is 0. The Morgan fingerprint density at radius 1 is 1.40 bits per heavy atom. The highest BCUT2D eigenvalue weighted by atomic mass is 16.4. The van der Waals surface area contributed by atoms with Crippen LogP contribution in [0, 0.1) is 0 Å². The first-order valence-corrected chi connectivity index (χ1v) is 4.33. The summed E-state index contributed by atoms with van der Waals surface area (Å²) in [6.45, 7) is 0. The number of carbonyl (C=O) groups is 2. The van der Waals surface area contributed by atoms with Crippen LogP contribution in [0.3, 0.4) is 0 Å². The maximum absolute atomic E-state index is 10.9. The summed E-state index contributed by atoms with van der Waals surface area (Å²) in [5.74, 6) is -2.20. The van der Waals surface area contributed by atoms with Crippen LogP contribution in [0.5, 0.6) is 0 Å². The standard InChI is InChI=1S/C8H9N3O4/c12-7(13)4-1-3-5(10-2-9-3)6(11-4)8(14)15/h2,4,6,11H,1H2,(H,9,10)(H,12,13)(H,14,15). The highest BCUT2D eigenvalue weighted by Crippen LogP contribution is 2.22. The van der Waals surface area contributed by atoms with Crippen molar-refractivity contribution >= 4 is 11.9 Å². The highest BCUT2D eigenvalue weighted by Gasteiger charge is 2.35. The van der Waals surface area contributed by atoms with Crippen LogP contribution in [0.15, 0.2) is 6.33 Å². The monoisotopic (exact) mass is 211 g/mol. The molecule has 7 heteroatoms. The van der Waals surface area contributed by atoms with Crippen LogP contribution in [-0.4, -0.2) is 38.2 Å². The molecule has 2 heterocycles. The number of H-pyrrole nitrogens is 1. The maximum Gasteiger partial charge on any atom is 0.327 e. The van der Waals surface area contributed by atoms with Gasteiger partial charge in [0.25, 0.3) is 0 Å². The maximum atomic E-state index is 10.9. The number of rotatable bonds is 2. The Balaban J connectivity index is 2.35. The molecule has 1 aliphatic heterocycles. The van der Waals surface area contributed by atoms with Gasteiger partial charge in [-0.2, -0.15) is 0 Å². The number of hydrogen-bond donors (Lipinski definition) is 4. The number of nitrogens with one attached hydrogen (secondary N) is 2. The molecule has 0 aromatic carbocycles. The number of hydrogen-bond acceptors (Lipinski definition) is 4. The van der Waals surface area contributed by atoms with Crippen molar-refractivity contribution in [2.75, 3.05) is 0 Å². The van der Waals surface area contributed by atoms with E-state index in [0.717, 1.165) is 0 Å². The first-order valence-electron chi connectivity index (χ1n) is 4.33. The van der Waals surface area contributed by atoms with Crippen molar-refractivity contribution in [2.45, 2.75) is 18.5 Å². The van der Waals surface area contributed by atoms with Crippen molar-refractivity contribution < 1.29 is 19.8 Å². The van der Waals surface area contributed by atoms with E-state index in [-0.39, 0.29) is 6.42 Å². The molecule has 0 saturated heterocycles. The second kappa shape index (κ2) is 3.35. The molecular formula is C8H9N3O4. The molecule has 0 bridgehead atoms. The Morgan fingerprint density at radius 2 is 2.13 bits per heavy atom. The molecule has 1 aliphatic rings. The van der Waals surface area contributed by atoms with E-state index in [1.807, 2.05) is 0 Å². The molecule has 7 nitrogen and oxygen atoms in total. The lowest BCUT2D eigenvalue weighted by molar-refractivity contribution is -0.143. The van der Waals surface area contributed by atoms with Gasteiger partial charge in [-0.1, -0.05) is 0 Å². The predicted molar refractivity (Wildman–Crippen MR) is 47.2 cm³/mol. The van der Waals surface area contributed by atoms with Crippen molar-refractivity contribution in [1.82, 2.24) is 15.3 Å². The van der Waals surface area contributed by atoms with Crippen LogP contribution >= 0.6 is 0 Å². The second-order valence-corrected chi connectivity index (χ2v) is 3.30. The molecule has 4 N–H and O–H groups in total. The fourth-order valence-electron chi connectivity index (χ4n) is 1.63. The van der Waals surface area contributed by atoms with E-state index in [0.29, 0.717) is 11.4 Å². The number of carboxylic acid groups (broad SMARTS) is 2. The molecule has 0 radical (unpaired) electrons. The highest BCUT2D eigenvalue weighted by molar-refractivity contribution is 5.80. The van der Waals surface area contributed by atoms with E-state index in [1.54, 1.807) is 0 Å². The summed E-state index contributed by atoms with van der Waals surface area (Å²) in [6.07, 6.45) is 1.58. The SMILES string of the molecule is O=C(O)C1Cc2[nH]cnc2C(C(=O)O)N1. The number of imidazole rings is 1. The number of aromatic amines is 1. The van der Waals surface area contributed by atoms with Crippen molar-refractivity contribution in [1.29, 1.82) is 0 Å². The van der Waals surface area contributed by atoms with E-state index in [4.69, 9.17) is 10.2 Å². The minimum absolute atomic E-state index is 0.217. The third kappa shape index (κ3) is 1.57. The average molecular weight is 211 g/mol. The smallest absolute Gasteiger partial charge is 0.327 e. The van der Waals surface area contributed by atoms with Crippen molar-refractivity contribution in [3.63, 3.8) is 0 Å². The average Bonchev–Trinajstić information content (AvgIpc) is 2.62. The molecule has 1 aromatic heterocycles. The first-order chi connectivity index (χ1) is 7.09. The van der Waals surface area contributed by atoms with Gasteiger partial charge in [0, 0.05) is 12.1 Å². The Labute approximate surface area is 84.1 Å². The van der Waals surface area contributed by atoms with Gasteiger partial charge in [0.05, 0.1) is 12.0 Å². The van der Waals surface area contributed by atoms with Crippen LogP contribution in [0.4, 0.5) is 0 Å². The van der Waals surface area contributed by atoms with Crippen LogP contribution in [0.2, 0.25) is 0 Å². The summed E-state index contributed by atoms with van der Waals surface area (Å²) in [6, 6.07) is -1.94. The van der Waals surface area contributed by atoms with Crippen molar-refractivity contribution in [3.05, 3.63) is 17.7 Å². The lowest BCUT2D eigenvalue weighted by Crippen LogP contribution is -2.47. The van der Waals surface area contributed by atoms with Gasteiger partial charge in [0.1, 0.15) is 6.04 Å². The summed E-state index contributed by atoms with van der Waals surface area (Å²) in [5, 5.41) is 20.2. The molecule has 15 heavy (non-hydrogen) atoms. The molecule has 0 aliphatic carbocycles. The minimum atomic E-state index is -1.13. The fraction of sp³-hybridized carbons (Fsp3) is 0.375. The van der Waals surface area contributed by atoms with Crippen LogP contribution in [0.25, 0.3) is 0 Å². The number of carboxylic acids is 2. The van der Waals surface area contributed by atoms with Gasteiger partial charge < -0.3 is 15.2 Å². The second-order valence-electron chi connectivity index (χ2n) is 3.30. The topological polar surface area (TPSA) is 115 Å². The van der Waals surface area contributed by atoms with Gasteiger partial charge in [-0.25, -0.2) is 4.98 Å². The molecule has 80 valence electrons. The molecule has 0 amide bonds. The lowest BCUT2D eigenvalue weighted by atomic mass is 9.99. The van der Waals surface area contributed by atoms with Gasteiger partial charge >= 0.3 is 11.9 Å². The zero-order valence-electron chi connectivity index (χ0n) is 7.60. The Kier molecular flexibility index (Phi) is 2.16. The molecular weight excluding hydrogens is 202 g/mol. The molecule has 2 unspecified atom stereocenters. The van der Waals surface area contributed by atoms with E-state index in [1.165, 1.54) is 6.33 Å². The fourth-order valence-corrected chi connectivity index (χ4v) is 1.63. The molecule has 0 saturated carbocycles. The normalized spacial score (nSPS) is 24.5. The van der Waals surface area contributed by atoms with E-state index >= 15 is 0 Å². The molecule has 0 fully saturated rings. The number of aliphatic carboxylic acids is 2. The Hall–Kier alpha value is -1.89. The molecule has 0 spiro atoms. The third-order valence-corrected chi connectivity index (χ3v) is 2.35. The first kappa shape index (κ1) is 9.66. The number of aromatic nitrogens is 2. The van der Waals surface area contributed by atoms with Crippen molar-refractivity contribution in [3.8, 4) is 0 Å². The zero-order chi connectivity index (χ0) is 11.0. The number of nitrogens with zero attached hydrogens (tertiary/aromatic N) is 1. The van der Waals surface area contributed by atoms with E-state index in [2.05, 4.69) is 15.3 Å². The van der Waals surface area contributed by atoms with Gasteiger partial charge in [0.15, 0.2) is 6.04 Å². The van der Waals surface area contributed by atoms with Crippen LogP contribution in [-0.2, 0) is 16.0 Å². The lowest BCUT2D eigenvalue weighted by Gasteiger charge is -2.24. The Bertz CT molecular complexity index is 414. The summed E-state index contributed by atoms with van der Waals surface area (Å²) in [7, 11) is 0. The predicted octanol–water partition coefficient (Wildman–Crippen LogP) is -0.866.